The molecule has 116 valence electrons. The number of para-hydroxylation sites is 1. The number of carbonyl (C=O) groups is 1. The lowest BCUT2D eigenvalue weighted by Crippen LogP contribution is -2.40. The van der Waals surface area contributed by atoms with Gasteiger partial charge in [0, 0.05) is 19.6 Å². The maximum atomic E-state index is 12.6. The number of rotatable bonds is 4. The van der Waals surface area contributed by atoms with Crippen molar-refractivity contribution in [2.45, 2.75) is 19.5 Å². The summed E-state index contributed by atoms with van der Waals surface area (Å²) in [7, 11) is 0. The van der Waals surface area contributed by atoms with Crippen LogP contribution in [0.2, 0.25) is 0 Å². The van der Waals surface area contributed by atoms with Crippen molar-refractivity contribution >= 4 is 17.3 Å². The number of hydrogen-bond donors (Lipinski definition) is 2. The molecule has 0 aromatic heterocycles. The van der Waals surface area contributed by atoms with Gasteiger partial charge in [0.05, 0.1) is 16.9 Å². The van der Waals surface area contributed by atoms with Gasteiger partial charge in [-0.05, 0) is 18.6 Å². The normalized spacial score (nSPS) is 13.9. The van der Waals surface area contributed by atoms with E-state index >= 15 is 0 Å². The van der Waals surface area contributed by atoms with Gasteiger partial charge in [-0.2, -0.15) is 13.2 Å². The van der Waals surface area contributed by atoms with E-state index in [0.29, 0.717) is 25.2 Å². The first-order chi connectivity index (χ1) is 9.92. The maximum absolute atomic E-state index is 12.6. The topological polar surface area (TPSA) is 44.4 Å². The molecule has 0 aliphatic carbocycles. The maximum Gasteiger partial charge on any atom is 0.406 e. The van der Waals surface area contributed by atoms with Crippen molar-refractivity contribution in [3.05, 3.63) is 23.8 Å². The molecule has 0 unspecified atom stereocenters. The van der Waals surface area contributed by atoms with Crippen molar-refractivity contribution in [3.63, 3.8) is 0 Å². The van der Waals surface area contributed by atoms with Crippen LogP contribution in [-0.4, -0.2) is 43.2 Å². The first kappa shape index (κ1) is 15.5. The Hall–Kier alpha value is -1.92. The fourth-order valence-electron chi connectivity index (χ4n) is 2.36. The molecular weight excluding hydrogens is 283 g/mol. The van der Waals surface area contributed by atoms with Crippen molar-refractivity contribution in [1.29, 1.82) is 0 Å². The SMILES string of the molecule is CCCN(CC(F)(F)F)C(=O)c1cccc2c1NCCN2. The second-order valence-corrected chi connectivity index (χ2v) is 4.92. The van der Waals surface area contributed by atoms with Gasteiger partial charge in [0.2, 0.25) is 0 Å². The minimum absolute atomic E-state index is 0.0788. The van der Waals surface area contributed by atoms with Gasteiger partial charge < -0.3 is 15.5 Å². The number of nitrogens with zero attached hydrogens (tertiary/aromatic N) is 1. The van der Waals surface area contributed by atoms with E-state index < -0.39 is 18.6 Å². The molecule has 2 rings (SSSR count). The van der Waals surface area contributed by atoms with Crippen molar-refractivity contribution in [2.75, 3.05) is 36.8 Å². The Labute approximate surface area is 121 Å². The predicted molar refractivity (Wildman–Crippen MR) is 75.7 cm³/mol. The monoisotopic (exact) mass is 301 g/mol. The quantitative estimate of drug-likeness (QED) is 0.898. The lowest BCUT2D eigenvalue weighted by molar-refractivity contribution is -0.140. The van der Waals surface area contributed by atoms with E-state index in [4.69, 9.17) is 0 Å². The minimum atomic E-state index is -4.40. The van der Waals surface area contributed by atoms with Crippen LogP contribution in [0.25, 0.3) is 0 Å². The average molecular weight is 301 g/mol. The summed E-state index contributed by atoms with van der Waals surface area (Å²) in [6.45, 7) is 1.94. The third-order valence-corrected chi connectivity index (χ3v) is 3.19. The molecule has 0 bridgehead atoms. The van der Waals surface area contributed by atoms with Gasteiger partial charge >= 0.3 is 6.18 Å². The summed E-state index contributed by atoms with van der Waals surface area (Å²) in [6.07, 6.45) is -3.92. The van der Waals surface area contributed by atoms with Gasteiger partial charge in [0.25, 0.3) is 5.91 Å². The number of benzene rings is 1. The summed E-state index contributed by atoms with van der Waals surface area (Å²) in [5.74, 6) is -0.595. The van der Waals surface area contributed by atoms with Crippen LogP contribution in [0.1, 0.15) is 23.7 Å². The Morgan fingerprint density at radius 3 is 2.67 bits per heavy atom. The van der Waals surface area contributed by atoms with E-state index in [1.807, 2.05) is 0 Å². The molecule has 1 heterocycles. The van der Waals surface area contributed by atoms with Gasteiger partial charge in [-0.15, -0.1) is 0 Å². The molecule has 21 heavy (non-hydrogen) atoms. The Morgan fingerprint density at radius 1 is 1.29 bits per heavy atom. The summed E-state index contributed by atoms with van der Waals surface area (Å²) in [6, 6.07) is 5.02. The average Bonchev–Trinajstić information content (AvgIpc) is 2.44. The number of halogens is 3. The van der Waals surface area contributed by atoms with E-state index in [-0.39, 0.29) is 12.1 Å². The van der Waals surface area contributed by atoms with E-state index in [1.165, 1.54) is 0 Å². The Morgan fingerprint density at radius 2 is 2.00 bits per heavy atom. The number of anilines is 2. The highest BCUT2D eigenvalue weighted by molar-refractivity contribution is 6.02. The molecule has 1 aromatic carbocycles. The molecule has 0 saturated carbocycles. The third-order valence-electron chi connectivity index (χ3n) is 3.19. The first-order valence-electron chi connectivity index (χ1n) is 6.89. The smallest absolute Gasteiger partial charge is 0.382 e. The summed E-state index contributed by atoms with van der Waals surface area (Å²) in [5.41, 5.74) is 1.60. The Kier molecular flexibility index (Phi) is 4.59. The first-order valence-corrected chi connectivity index (χ1v) is 6.89. The standard InChI is InChI=1S/C14H18F3N3O/c1-2-8-20(9-14(15,16)17)13(21)10-4-3-5-11-12(10)19-7-6-18-11/h3-5,18-19H,2,6-9H2,1H3. The second-order valence-electron chi connectivity index (χ2n) is 4.92. The zero-order chi connectivity index (χ0) is 15.5. The molecule has 0 radical (unpaired) electrons. The van der Waals surface area contributed by atoms with Crippen LogP contribution < -0.4 is 10.6 Å². The summed E-state index contributed by atoms with van der Waals surface area (Å²) >= 11 is 0. The molecule has 0 spiro atoms. The number of nitrogens with one attached hydrogen (secondary N) is 2. The molecular formula is C14H18F3N3O. The van der Waals surface area contributed by atoms with Crippen LogP contribution in [0.3, 0.4) is 0 Å². The zero-order valence-electron chi connectivity index (χ0n) is 11.8. The number of fused-ring (bicyclic) bond motifs is 1. The van der Waals surface area contributed by atoms with Crippen molar-refractivity contribution in [3.8, 4) is 0 Å². The summed E-state index contributed by atoms with van der Waals surface area (Å²) < 4.78 is 37.9. The highest BCUT2D eigenvalue weighted by atomic mass is 19.4. The fraction of sp³-hybridized carbons (Fsp3) is 0.500. The highest BCUT2D eigenvalue weighted by Crippen LogP contribution is 2.30. The molecule has 1 aliphatic heterocycles. The van der Waals surface area contributed by atoms with Crippen LogP contribution in [-0.2, 0) is 0 Å². The molecule has 0 atom stereocenters. The highest BCUT2D eigenvalue weighted by Gasteiger charge is 2.33. The van der Waals surface area contributed by atoms with Crippen molar-refractivity contribution in [2.24, 2.45) is 0 Å². The number of hydrogen-bond acceptors (Lipinski definition) is 3. The molecule has 0 fully saturated rings. The van der Waals surface area contributed by atoms with E-state index in [2.05, 4.69) is 10.6 Å². The van der Waals surface area contributed by atoms with Crippen molar-refractivity contribution in [1.82, 2.24) is 4.90 Å². The Bertz CT molecular complexity index is 517. The van der Waals surface area contributed by atoms with Crippen LogP contribution >= 0.6 is 0 Å². The molecule has 1 amide bonds. The van der Waals surface area contributed by atoms with Gasteiger partial charge in [-0.1, -0.05) is 13.0 Å². The van der Waals surface area contributed by atoms with Crippen LogP contribution in [0.5, 0.6) is 0 Å². The number of alkyl halides is 3. The predicted octanol–water partition coefficient (Wildman–Crippen LogP) is 2.94. The molecule has 1 aliphatic rings. The molecule has 7 heteroatoms. The van der Waals surface area contributed by atoms with E-state index in [1.54, 1.807) is 25.1 Å². The van der Waals surface area contributed by atoms with Crippen LogP contribution in [0.15, 0.2) is 18.2 Å². The van der Waals surface area contributed by atoms with Crippen molar-refractivity contribution < 1.29 is 18.0 Å². The van der Waals surface area contributed by atoms with Gasteiger partial charge in [0.1, 0.15) is 6.54 Å². The van der Waals surface area contributed by atoms with Crippen LogP contribution in [0.4, 0.5) is 24.5 Å². The lowest BCUT2D eigenvalue weighted by Gasteiger charge is -2.27. The van der Waals surface area contributed by atoms with E-state index in [9.17, 15) is 18.0 Å². The molecule has 0 saturated heterocycles. The van der Waals surface area contributed by atoms with Crippen LogP contribution in [0, 0.1) is 0 Å². The van der Waals surface area contributed by atoms with Gasteiger partial charge in [-0.25, -0.2) is 0 Å². The van der Waals surface area contributed by atoms with Gasteiger partial charge in [-0.3, -0.25) is 4.79 Å². The summed E-state index contributed by atoms with van der Waals surface area (Å²) in [5, 5.41) is 6.20. The molecule has 1 aromatic rings. The zero-order valence-corrected chi connectivity index (χ0v) is 11.8. The summed E-state index contributed by atoms with van der Waals surface area (Å²) in [4.78, 5) is 13.3. The fourth-order valence-corrected chi connectivity index (χ4v) is 2.36. The minimum Gasteiger partial charge on any atom is -0.382 e. The van der Waals surface area contributed by atoms with Gasteiger partial charge in [0.15, 0.2) is 0 Å². The molecule has 2 N–H and O–H groups in total. The molecule has 4 nitrogen and oxygen atoms in total. The Balaban J connectivity index is 2.28. The number of amides is 1. The largest absolute Gasteiger partial charge is 0.406 e. The number of carbonyl (C=O) groups excluding carboxylic acids is 1. The lowest BCUT2D eigenvalue weighted by atomic mass is 10.1. The van der Waals surface area contributed by atoms with E-state index in [0.717, 1.165) is 10.6 Å². The second kappa shape index (κ2) is 6.24. The third kappa shape index (κ3) is 3.80.